The van der Waals surface area contributed by atoms with E-state index in [2.05, 4.69) is 0 Å². The lowest BCUT2D eigenvalue weighted by Gasteiger charge is -2.47. The van der Waals surface area contributed by atoms with Crippen molar-refractivity contribution in [2.45, 2.75) is 39.8 Å². The minimum absolute atomic E-state index is 0.0872. The summed E-state index contributed by atoms with van der Waals surface area (Å²) in [6.07, 6.45) is -0.748. The smallest absolute Gasteiger partial charge is 0.363 e. The number of nitro groups is 1. The molecule has 2 aliphatic heterocycles. The number of carbonyl (C=O) groups excluding carboxylic acids is 5. The topological polar surface area (TPSA) is 150 Å². The number of ketones is 1. The fraction of sp³-hybridized carbons (Fsp3) is 0.296. The molecule has 2 aromatic carbocycles. The van der Waals surface area contributed by atoms with E-state index in [-0.39, 0.29) is 22.7 Å². The zero-order valence-corrected chi connectivity index (χ0v) is 21.0. The molecule has 1 fully saturated rings. The summed E-state index contributed by atoms with van der Waals surface area (Å²) in [4.78, 5) is 74.0. The van der Waals surface area contributed by atoms with Gasteiger partial charge in [0.05, 0.1) is 22.4 Å². The molecule has 11 heteroatoms. The van der Waals surface area contributed by atoms with E-state index in [1.165, 1.54) is 18.7 Å². The van der Waals surface area contributed by atoms with Crippen molar-refractivity contribution >= 4 is 40.9 Å². The molecule has 2 heterocycles. The Labute approximate surface area is 217 Å². The van der Waals surface area contributed by atoms with Gasteiger partial charge in [-0.25, -0.2) is 9.59 Å². The lowest BCUT2D eigenvalue weighted by Crippen LogP contribution is -2.64. The summed E-state index contributed by atoms with van der Waals surface area (Å²) in [6, 6.07) is 10.5. The number of carbonyl (C=O) groups is 5. The van der Waals surface area contributed by atoms with Gasteiger partial charge in [0.25, 0.3) is 5.69 Å². The number of hydrogen-bond donors (Lipinski definition) is 0. The van der Waals surface area contributed by atoms with Crippen molar-refractivity contribution in [2.75, 3.05) is 0 Å². The van der Waals surface area contributed by atoms with E-state index >= 15 is 0 Å². The van der Waals surface area contributed by atoms with Gasteiger partial charge in [-0.3, -0.25) is 24.5 Å². The highest BCUT2D eigenvalue weighted by Crippen LogP contribution is 2.51. The highest BCUT2D eigenvalue weighted by atomic mass is 16.6. The van der Waals surface area contributed by atoms with Gasteiger partial charge in [-0.15, -0.1) is 0 Å². The third-order valence-electron chi connectivity index (χ3n) is 6.80. The molecule has 1 amide bonds. The average molecular weight is 520 g/mol. The number of Topliss-reactive ketones (excluding diaryl/α,β-unsaturated/α-hetero) is 1. The fourth-order valence-electron chi connectivity index (χ4n) is 5.06. The molecule has 0 N–H and O–H groups in total. The lowest BCUT2D eigenvalue weighted by molar-refractivity contribution is -0.384. The molecule has 38 heavy (non-hydrogen) atoms. The highest BCUT2D eigenvalue weighted by Gasteiger charge is 2.61. The SMILES string of the molecule is CC(=O)O[C@H](C)[C@H]1C(=O)N2C(C(=O)OC(=O)c3ccc([N+](=O)[O-])cc3)=C(c3ccc(C(C)=O)cc3)[C@H](C)[C@H]12. The number of rotatable bonds is 7. The van der Waals surface area contributed by atoms with Gasteiger partial charge in [-0.2, -0.15) is 0 Å². The van der Waals surface area contributed by atoms with Gasteiger partial charge in [0.1, 0.15) is 11.8 Å². The third kappa shape index (κ3) is 4.58. The Kier molecular flexibility index (Phi) is 6.95. The number of esters is 3. The Bertz CT molecular complexity index is 1390. The van der Waals surface area contributed by atoms with Crippen LogP contribution < -0.4 is 0 Å². The quantitative estimate of drug-likeness (QED) is 0.134. The normalized spacial score (nSPS) is 20.8. The van der Waals surface area contributed by atoms with Gasteiger partial charge in [-0.1, -0.05) is 31.2 Å². The molecule has 0 saturated carbocycles. The maximum atomic E-state index is 13.4. The molecule has 0 unspecified atom stereocenters. The van der Waals surface area contributed by atoms with Crippen LogP contribution in [0.15, 0.2) is 54.2 Å². The Balaban J connectivity index is 1.70. The number of hydrogen-bond acceptors (Lipinski definition) is 9. The number of nitro benzene ring substituents is 1. The van der Waals surface area contributed by atoms with Crippen LogP contribution >= 0.6 is 0 Å². The number of nitrogens with zero attached hydrogens (tertiary/aromatic N) is 2. The van der Waals surface area contributed by atoms with Gasteiger partial charge in [-0.05, 0) is 37.1 Å². The third-order valence-corrected chi connectivity index (χ3v) is 6.80. The van der Waals surface area contributed by atoms with Crippen LogP contribution in [-0.4, -0.2) is 51.6 Å². The first kappa shape index (κ1) is 26.4. The molecule has 196 valence electrons. The van der Waals surface area contributed by atoms with Crippen LogP contribution in [0.5, 0.6) is 0 Å². The predicted octanol–water partition coefficient (Wildman–Crippen LogP) is 3.32. The predicted molar refractivity (Wildman–Crippen MR) is 131 cm³/mol. The van der Waals surface area contributed by atoms with Crippen molar-refractivity contribution in [1.82, 2.24) is 4.90 Å². The largest absolute Gasteiger partial charge is 0.462 e. The molecule has 0 radical (unpaired) electrons. The van der Waals surface area contributed by atoms with Crippen LogP contribution in [0.3, 0.4) is 0 Å². The molecule has 2 aromatic rings. The van der Waals surface area contributed by atoms with Gasteiger partial charge >= 0.3 is 17.9 Å². The van der Waals surface area contributed by atoms with E-state index in [9.17, 15) is 34.1 Å². The molecular formula is C27H24N2O9. The Morgan fingerprint density at radius 1 is 0.947 bits per heavy atom. The van der Waals surface area contributed by atoms with Crippen LogP contribution in [-0.2, 0) is 23.9 Å². The van der Waals surface area contributed by atoms with Crippen LogP contribution in [0.4, 0.5) is 5.69 Å². The molecule has 4 rings (SSSR count). The van der Waals surface area contributed by atoms with Crippen LogP contribution in [0.25, 0.3) is 5.57 Å². The van der Waals surface area contributed by atoms with Gasteiger partial charge in [0, 0.05) is 30.5 Å². The summed E-state index contributed by atoms with van der Waals surface area (Å²) >= 11 is 0. The first-order valence-corrected chi connectivity index (χ1v) is 11.8. The van der Waals surface area contributed by atoms with Crippen LogP contribution in [0.1, 0.15) is 54.0 Å². The fourth-order valence-corrected chi connectivity index (χ4v) is 5.06. The van der Waals surface area contributed by atoms with Gasteiger partial charge in [0.15, 0.2) is 5.78 Å². The summed E-state index contributed by atoms with van der Waals surface area (Å²) < 4.78 is 10.4. The van der Waals surface area contributed by atoms with E-state index in [1.807, 2.05) is 6.92 Å². The second-order valence-corrected chi connectivity index (χ2v) is 9.20. The second-order valence-electron chi connectivity index (χ2n) is 9.20. The van der Waals surface area contributed by atoms with Crippen molar-refractivity contribution in [2.24, 2.45) is 11.8 Å². The van der Waals surface area contributed by atoms with E-state index in [1.54, 1.807) is 31.2 Å². The number of ether oxygens (including phenoxy) is 2. The Morgan fingerprint density at radius 3 is 2.05 bits per heavy atom. The zero-order valence-electron chi connectivity index (χ0n) is 21.0. The first-order valence-electron chi connectivity index (χ1n) is 11.8. The van der Waals surface area contributed by atoms with Crippen molar-refractivity contribution in [3.63, 3.8) is 0 Å². The van der Waals surface area contributed by atoms with E-state index in [0.717, 1.165) is 24.3 Å². The Hall–Kier alpha value is -4.67. The zero-order chi connectivity index (χ0) is 27.9. The number of non-ortho nitro benzene ring substituents is 1. The Morgan fingerprint density at radius 2 is 1.53 bits per heavy atom. The van der Waals surface area contributed by atoms with E-state index < -0.39 is 52.7 Å². The van der Waals surface area contributed by atoms with Crippen LogP contribution in [0.2, 0.25) is 0 Å². The van der Waals surface area contributed by atoms with E-state index in [4.69, 9.17) is 9.47 Å². The minimum Gasteiger partial charge on any atom is -0.462 e. The molecular weight excluding hydrogens is 496 g/mol. The second kappa shape index (κ2) is 10.0. The van der Waals surface area contributed by atoms with Crippen molar-refractivity contribution in [3.8, 4) is 0 Å². The number of amides is 1. The molecule has 1 saturated heterocycles. The molecule has 4 atom stereocenters. The maximum absolute atomic E-state index is 13.4. The van der Waals surface area contributed by atoms with Crippen LogP contribution in [0, 0.1) is 22.0 Å². The summed E-state index contributed by atoms with van der Waals surface area (Å²) in [6.45, 7) is 6.07. The first-order chi connectivity index (χ1) is 17.9. The monoisotopic (exact) mass is 520 g/mol. The number of fused-ring (bicyclic) bond motifs is 1. The van der Waals surface area contributed by atoms with Gasteiger partial charge in [0.2, 0.25) is 5.91 Å². The van der Waals surface area contributed by atoms with Crippen molar-refractivity contribution < 1.29 is 38.4 Å². The van der Waals surface area contributed by atoms with Gasteiger partial charge < -0.3 is 14.4 Å². The number of β-lactam (4-membered cyclic amide) rings is 1. The molecule has 0 aliphatic carbocycles. The summed E-state index contributed by atoms with van der Waals surface area (Å²) in [5, 5.41) is 10.9. The summed E-state index contributed by atoms with van der Waals surface area (Å²) in [5.41, 5.74) is 1.01. The molecule has 2 aliphatic rings. The highest BCUT2D eigenvalue weighted by molar-refractivity contribution is 6.11. The molecule has 11 nitrogen and oxygen atoms in total. The molecule has 0 spiro atoms. The number of benzene rings is 2. The van der Waals surface area contributed by atoms with Crippen molar-refractivity contribution in [1.29, 1.82) is 0 Å². The maximum Gasteiger partial charge on any atom is 0.363 e. The molecule has 0 bridgehead atoms. The molecule has 0 aromatic heterocycles. The standard InChI is InChI=1S/C27H24N2O9/c1-13-21(18-7-5-17(6-8-18)14(2)30)24(28-23(13)22(25(28)32)15(3)37-16(4)31)27(34)38-26(33)19-9-11-20(12-10-19)29(35)36/h5-13,15,22-23H,1-4H3/t13-,15+,22+,23+/m0/s1. The average Bonchev–Trinajstić information content (AvgIpc) is 3.12. The lowest BCUT2D eigenvalue weighted by atomic mass is 9.76. The minimum atomic E-state index is -1.07. The summed E-state index contributed by atoms with van der Waals surface area (Å²) in [7, 11) is 0. The van der Waals surface area contributed by atoms with Crippen molar-refractivity contribution in [3.05, 3.63) is 81.0 Å². The van der Waals surface area contributed by atoms with E-state index in [0.29, 0.717) is 16.7 Å². The summed E-state index contributed by atoms with van der Waals surface area (Å²) in [5.74, 6) is -4.38.